The van der Waals surface area contributed by atoms with Crippen molar-refractivity contribution in [3.8, 4) is 40.6 Å². The molecule has 11 rings (SSSR count). The molecule has 0 amide bonds. The second-order valence-corrected chi connectivity index (χ2v) is 20.5. The second kappa shape index (κ2) is 19.9. The number of ether oxygens (including phenoxy) is 7. The van der Waals surface area contributed by atoms with E-state index in [9.17, 15) is 50.4 Å². The van der Waals surface area contributed by atoms with Crippen molar-refractivity contribution in [2.24, 2.45) is 22.8 Å². The van der Waals surface area contributed by atoms with Crippen molar-refractivity contribution in [2.75, 3.05) is 20.0 Å². The Balaban J connectivity index is 1.15. The summed E-state index contributed by atoms with van der Waals surface area (Å²) in [6, 6.07) is 16.5. The molecule has 6 aliphatic rings. The number of H-pyrrole nitrogens is 1. The highest BCUT2D eigenvalue weighted by Crippen LogP contribution is 2.64. The van der Waals surface area contributed by atoms with Gasteiger partial charge in [0.1, 0.15) is 61.2 Å². The van der Waals surface area contributed by atoms with Crippen molar-refractivity contribution >= 4 is 22.8 Å². The van der Waals surface area contributed by atoms with Crippen LogP contribution in [0.1, 0.15) is 90.0 Å². The molecule has 13 unspecified atom stereocenters. The van der Waals surface area contributed by atoms with Crippen LogP contribution in [-0.4, -0.2) is 137 Å². The molecule has 1 spiro atoms. The van der Waals surface area contributed by atoms with Crippen molar-refractivity contribution in [1.82, 2.24) is 9.55 Å². The maximum atomic E-state index is 13.6. The Kier molecular flexibility index (Phi) is 13.5. The van der Waals surface area contributed by atoms with Crippen molar-refractivity contribution < 1.29 is 83.6 Å². The highest BCUT2D eigenvalue weighted by Gasteiger charge is 2.70. The SMILES string of the molecule is NC(N)C(OC(=O)CC(=O)O)C1OC2Oc3cc4c(c(Cn5cc6cc[nH]c6c5CO)c3CC3(CCC(CCCO)C3)C2(O)C(O)C1O)C1Oc2c3ccc(OCO)c2OCC(O)C#CC(c2ccccc2)C(O4)C31. The van der Waals surface area contributed by atoms with Crippen LogP contribution in [-0.2, 0) is 38.6 Å². The monoisotopic (exact) mass is 1040 g/mol. The Morgan fingerprint density at radius 1 is 0.987 bits per heavy atom. The number of esters is 1. The van der Waals surface area contributed by atoms with Gasteiger partial charge in [0, 0.05) is 59.1 Å². The zero-order valence-corrected chi connectivity index (χ0v) is 40.6. The van der Waals surface area contributed by atoms with E-state index in [1.807, 2.05) is 53.2 Å². The zero-order chi connectivity index (χ0) is 52.5. The number of nitrogens with one attached hydrogen (secondary N) is 1. The van der Waals surface area contributed by atoms with Gasteiger partial charge in [0.25, 0.3) is 0 Å². The van der Waals surface area contributed by atoms with E-state index >= 15 is 0 Å². The van der Waals surface area contributed by atoms with Crippen LogP contribution in [0.15, 0.2) is 67.0 Å². The topological polar surface area (TPSA) is 333 Å². The first-order valence-corrected chi connectivity index (χ1v) is 25.2. The van der Waals surface area contributed by atoms with Crippen LogP contribution in [0.5, 0.6) is 28.7 Å². The van der Waals surface area contributed by atoms with E-state index in [2.05, 4.69) is 16.8 Å². The third kappa shape index (κ3) is 8.53. The fraction of sp³-hybridized carbons (Fsp3) is 0.481. The molecule has 2 fully saturated rings. The van der Waals surface area contributed by atoms with Gasteiger partial charge in [-0.3, -0.25) is 9.59 Å². The summed E-state index contributed by atoms with van der Waals surface area (Å²) < 4.78 is 47.3. The molecule has 398 valence electrons. The first-order chi connectivity index (χ1) is 36.2. The lowest BCUT2D eigenvalue weighted by Crippen LogP contribution is -2.75. The standard InChI is InChI=1S/C54H60N4O17/c55-51(56)49(73-39(65)18-38(63)64)48-43(66)50(67)54(68)52(75-48)72-36-17-37-40(33(22-58-21-28-13-15-57-42(28)34(58)23-60)32(36)20-53(54)14-12-26(19-53)5-4-16-59)47-41-31-10-11-35(70-25-61)46(45(31)74-47)69-24-29(62)8-9-30(44(41)71-37)27-6-2-1-3-7-27/h1-3,6-7,10-11,13,15,17,21,26,29-30,41,43-44,47-52,57,59-62,66-68H,4-5,12,14,16,18-20,22-25,55-56H2,(H,63,64). The third-order valence-electron chi connectivity index (χ3n) is 16.2. The van der Waals surface area contributed by atoms with Gasteiger partial charge in [0.15, 0.2) is 30.0 Å². The lowest BCUT2D eigenvalue weighted by molar-refractivity contribution is -0.356. The summed E-state index contributed by atoms with van der Waals surface area (Å²) in [5, 5.41) is 90.7. The summed E-state index contributed by atoms with van der Waals surface area (Å²) in [6.07, 6.45) is -9.27. The number of rotatable bonds is 14. The van der Waals surface area contributed by atoms with E-state index < -0.39 is 103 Å². The Morgan fingerprint density at radius 3 is 2.55 bits per heavy atom. The van der Waals surface area contributed by atoms with E-state index in [4.69, 9.17) is 44.6 Å². The fourth-order valence-electron chi connectivity index (χ4n) is 12.9. The van der Waals surface area contributed by atoms with E-state index in [0.717, 1.165) is 10.9 Å². The summed E-state index contributed by atoms with van der Waals surface area (Å²) in [4.78, 5) is 27.6. The predicted octanol–water partition coefficient (Wildman–Crippen LogP) is 1.66. The minimum atomic E-state index is -2.42. The van der Waals surface area contributed by atoms with Gasteiger partial charge in [0.2, 0.25) is 12.0 Å². The first kappa shape index (κ1) is 50.7. The van der Waals surface area contributed by atoms with Gasteiger partial charge < -0.3 is 95.0 Å². The number of nitrogens with two attached hydrogens (primary N) is 2. The molecule has 21 heteroatoms. The van der Waals surface area contributed by atoms with E-state index in [1.165, 1.54) is 0 Å². The summed E-state index contributed by atoms with van der Waals surface area (Å²) in [5.74, 6) is 3.07. The number of carboxylic acid groups (broad SMARTS) is 1. The zero-order valence-electron chi connectivity index (χ0n) is 40.6. The number of aliphatic carboxylic acids is 1. The highest BCUT2D eigenvalue weighted by molar-refractivity contribution is 5.90. The van der Waals surface area contributed by atoms with Crippen molar-refractivity contribution in [3.63, 3.8) is 0 Å². The molecule has 13 N–H and O–H groups in total. The normalized spacial score (nSPS) is 30.5. The molecule has 13 atom stereocenters. The van der Waals surface area contributed by atoms with Crippen LogP contribution >= 0.6 is 0 Å². The summed E-state index contributed by atoms with van der Waals surface area (Å²) in [6.45, 7) is -1.34. The Labute approximate surface area is 429 Å². The summed E-state index contributed by atoms with van der Waals surface area (Å²) in [5.41, 5.74) is 12.9. The fourth-order valence-corrected chi connectivity index (χ4v) is 12.9. The molecule has 5 aromatic rings. The number of hydrogen-bond acceptors (Lipinski definition) is 18. The first-order valence-electron chi connectivity index (χ1n) is 25.2. The lowest BCUT2D eigenvalue weighted by atomic mass is 9.61. The molecule has 1 aliphatic carbocycles. The quantitative estimate of drug-likeness (QED) is 0.0326. The molecular weight excluding hydrogens is 977 g/mol. The van der Waals surface area contributed by atoms with Crippen molar-refractivity contribution in [1.29, 1.82) is 0 Å². The van der Waals surface area contributed by atoms with Gasteiger partial charge in [0.05, 0.1) is 35.8 Å². The number of carboxylic acids is 1. The van der Waals surface area contributed by atoms with Gasteiger partial charge in [-0.05, 0) is 67.7 Å². The van der Waals surface area contributed by atoms with Crippen molar-refractivity contribution in [3.05, 3.63) is 101 Å². The largest absolute Gasteiger partial charge is 0.487 e. The van der Waals surface area contributed by atoms with Gasteiger partial charge in [-0.1, -0.05) is 48.2 Å². The minimum absolute atomic E-state index is 0.0129. The van der Waals surface area contributed by atoms with Gasteiger partial charge in [-0.25, -0.2) is 0 Å². The highest BCUT2D eigenvalue weighted by atomic mass is 16.7. The number of carbonyl (C=O) groups is 2. The Bertz CT molecular complexity index is 3040. The van der Waals surface area contributed by atoms with Gasteiger partial charge >= 0.3 is 11.9 Å². The smallest absolute Gasteiger partial charge is 0.317 e. The van der Waals surface area contributed by atoms with Gasteiger partial charge in [-0.15, -0.1) is 0 Å². The van der Waals surface area contributed by atoms with Crippen LogP contribution in [0.3, 0.4) is 0 Å². The molecule has 5 aliphatic heterocycles. The number of aliphatic hydroxyl groups excluding tert-OH is 6. The van der Waals surface area contributed by atoms with Crippen LogP contribution in [0.25, 0.3) is 10.9 Å². The van der Waals surface area contributed by atoms with E-state index in [0.29, 0.717) is 52.7 Å². The number of benzene rings is 3. The maximum absolute atomic E-state index is 13.6. The number of aromatic nitrogens is 2. The average Bonchev–Trinajstić information content (AvgIpc) is 4.19. The second-order valence-electron chi connectivity index (χ2n) is 20.5. The summed E-state index contributed by atoms with van der Waals surface area (Å²) >= 11 is 0. The molecule has 0 radical (unpaired) electrons. The number of hydrogen-bond donors (Lipinski definition) is 11. The van der Waals surface area contributed by atoms with E-state index in [-0.39, 0.29) is 80.3 Å². The molecular formula is C54H60N4O17. The number of carbonyl (C=O) groups excluding carboxylic acids is 1. The molecule has 21 nitrogen and oxygen atoms in total. The third-order valence-corrected chi connectivity index (χ3v) is 16.2. The molecule has 3 aromatic carbocycles. The molecule has 2 aromatic heterocycles. The van der Waals surface area contributed by atoms with Crippen LogP contribution in [0.2, 0.25) is 0 Å². The van der Waals surface area contributed by atoms with E-state index in [1.54, 1.807) is 18.3 Å². The Morgan fingerprint density at radius 2 is 1.80 bits per heavy atom. The number of nitrogens with zero attached hydrogens (tertiary/aromatic N) is 1. The molecule has 1 saturated carbocycles. The lowest BCUT2D eigenvalue weighted by Gasteiger charge is -2.55. The number of aromatic amines is 1. The average molecular weight is 1040 g/mol. The minimum Gasteiger partial charge on any atom is -0.487 e. The van der Waals surface area contributed by atoms with Crippen molar-refractivity contribution in [2.45, 2.75) is 131 Å². The summed E-state index contributed by atoms with van der Waals surface area (Å²) in [7, 11) is 0. The van der Waals surface area contributed by atoms with Crippen LogP contribution in [0.4, 0.5) is 0 Å². The molecule has 7 heterocycles. The maximum Gasteiger partial charge on any atom is 0.317 e. The predicted molar refractivity (Wildman–Crippen MR) is 261 cm³/mol. The molecule has 1 saturated heterocycles. The van der Waals surface area contributed by atoms with Crippen LogP contribution in [0, 0.1) is 23.2 Å². The Hall–Kier alpha value is -6.42. The van der Waals surface area contributed by atoms with Crippen LogP contribution < -0.4 is 35.2 Å². The molecule has 4 bridgehead atoms. The number of aliphatic hydroxyl groups is 7. The number of fused-ring (bicyclic) bond motifs is 6. The van der Waals surface area contributed by atoms with Gasteiger partial charge in [-0.2, -0.15) is 0 Å². The molecule has 75 heavy (non-hydrogen) atoms.